The number of nitriles is 1. The molecular formula is C17H18BrN5O3S. The zero-order valence-corrected chi connectivity index (χ0v) is 17.1. The highest BCUT2D eigenvalue weighted by molar-refractivity contribution is 9.10. The number of rotatable bonds is 7. The molecule has 1 amide bonds. The molecule has 0 aliphatic heterocycles. The van der Waals surface area contributed by atoms with Gasteiger partial charge in [0, 0.05) is 43.4 Å². The molecule has 0 saturated carbocycles. The minimum atomic E-state index is -3.68. The highest BCUT2D eigenvalue weighted by Gasteiger charge is 2.22. The van der Waals surface area contributed by atoms with E-state index in [2.05, 4.69) is 31.5 Å². The van der Waals surface area contributed by atoms with Crippen LogP contribution in [-0.2, 0) is 10.0 Å². The summed E-state index contributed by atoms with van der Waals surface area (Å²) in [6, 6.07) is 9.72. The molecule has 1 aromatic carbocycles. The third-order valence-corrected chi connectivity index (χ3v) is 6.39. The zero-order valence-electron chi connectivity index (χ0n) is 14.7. The average molecular weight is 452 g/mol. The molecule has 8 nitrogen and oxygen atoms in total. The minimum absolute atomic E-state index is 0.0189. The van der Waals surface area contributed by atoms with Crippen LogP contribution < -0.4 is 10.6 Å². The van der Waals surface area contributed by atoms with Gasteiger partial charge >= 0.3 is 0 Å². The van der Waals surface area contributed by atoms with E-state index in [9.17, 15) is 13.2 Å². The average Bonchev–Trinajstić information content (AvgIpc) is 2.65. The topological polar surface area (TPSA) is 115 Å². The van der Waals surface area contributed by atoms with E-state index < -0.39 is 15.9 Å². The Morgan fingerprint density at radius 2 is 2.04 bits per heavy atom. The fourth-order valence-corrected chi connectivity index (χ4v) is 3.98. The minimum Gasteiger partial charge on any atom is -0.367 e. The highest BCUT2D eigenvalue weighted by Crippen LogP contribution is 2.25. The van der Waals surface area contributed by atoms with E-state index >= 15 is 0 Å². The lowest BCUT2D eigenvalue weighted by atomic mass is 10.2. The molecule has 2 aromatic rings. The number of halogens is 1. The molecule has 0 aliphatic rings. The molecule has 2 N–H and O–H groups in total. The highest BCUT2D eigenvalue weighted by atomic mass is 79.9. The van der Waals surface area contributed by atoms with Crippen molar-refractivity contribution in [3.63, 3.8) is 0 Å². The van der Waals surface area contributed by atoms with Gasteiger partial charge in [0.25, 0.3) is 5.91 Å². The summed E-state index contributed by atoms with van der Waals surface area (Å²) in [5, 5.41) is 14.7. The Morgan fingerprint density at radius 3 is 2.70 bits per heavy atom. The third kappa shape index (κ3) is 5.03. The number of hydrogen-bond acceptors (Lipinski definition) is 6. The van der Waals surface area contributed by atoms with Crippen LogP contribution in [0.25, 0.3) is 0 Å². The molecule has 0 fully saturated rings. The van der Waals surface area contributed by atoms with Gasteiger partial charge in [-0.25, -0.2) is 17.7 Å². The lowest BCUT2D eigenvalue weighted by molar-refractivity contribution is 0.0955. The number of pyridine rings is 1. The Hall–Kier alpha value is -2.48. The van der Waals surface area contributed by atoms with Gasteiger partial charge in [-0.3, -0.25) is 4.79 Å². The van der Waals surface area contributed by atoms with E-state index in [1.807, 2.05) is 6.07 Å². The number of nitrogens with zero attached hydrogens (tertiary/aromatic N) is 3. The van der Waals surface area contributed by atoms with Crippen LogP contribution in [0.3, 0.4) is 0 Å². The molecule has 1 heterocycles. The smallest absolute Gasteiger partial charge is 0.251 e. The fraction of sp³-hybridized carbons (Fsp3) is 0.235. The summed E-state index contributed by atoms with van der Waals surface area (Å²) >= 11 is 3.21. The van der Waals surface area contributed by atoms with Gasteiger partial charge in [-0.2, -0.15) is 5.26 Å². The number of anilines is 1. The van der Waals surface area contributed by atoms with Crippen molar-refractivity contribution in [1.82, 2.24) is 14.6 Å². The van der Waals surface area contributed by atoms with E-state index in [4.69, 9.17) is 5.26 Å². The van der Waals surface area contributed by atoms with Gasteiger partial charge in [0.15, 0.2) is 0 Å². The van der Waals surface area contributed by atoms with Gasteiger partial charge in [0.1, 0.15) is 11.9 Å². The van der Waals surface area contributed by atoms with E-state index in [0.29, 0.717) is 22.4 Å². The Labute approximate surface area is 166 Å². The van der Waals surface area contributed by atoms with Gasteiger partial charge in [-0.1, -0.05) is 0 Å². The summed E-state index contributed by atoms with van der Waals surface area (Å²) in [6.07, 6.45) is 1.57. The van der Waals surface area contributed by atoms with Gasteiger partial charge in [-0.15, -0.1) is 0 Å². The van der Waals surface area contributed by atoms with Crippen molar-refractivity contribution in [2.24, 2.45) is 0 Å². The largest absolute Gasteiger partial charge is 0.367 e. The van der Waals surface area contributed by atoms with Crippen LogP contribution in [0.15, 0.2) is 45.9 Å². The van der Waals surface area contributed by atoms with Crippen molar-refractivity contribution < 1.29 is 13.2 Å². The van der Waals surface area contributed by atoms with Crippen LogP contribution in [0.2, 0.25) is 0 Å². The Bertz CT molecular complexity index is 986. The lowest BCUT2D eigenvalue weighted by Crippen LogP contribution is -2.29. The van der Waals surface area contributed by atoms with Crippen LogP contribution in [-0.4, -0.2) is 50.8 Å². The molecule has 2 rings (SSSR count). The van der Waals surface area contributed by atoms with Crippen molar-refractivity contribution in [2.45, 2.75) is 4.90 Å². The number of aromatic nitrogens is 1. The quantitative estimate of drug-likeness (QED) is 0.620. The van der Waals surface area contributed by atoms with E-state index in [-0.39, 0.29) is 17.0 Å². The Kier molecular flexibility index (Phi) is 6.90. The molecule has 0 unspecified atom stereocenters. The lowest BCUT2D eigenvalue weighted by Gasteiger charge is -2.14. The van der Waals surface area contributed by atoms with Crippen molar-refractivity contribution in [3.05, 3.63) is 52.1 Å². The maximum atomic E-state index is 12.3. The molecule has 0 atom stereocenters. The van der Waals surface area contributed by atoms with Crippen LogP contribution in [0.5, 0.6) is 0 Å². The van der Waals surface area contributed by atoms with E-state index in [0.717, 1.165) is 4.31 Å². The molecular weight excluding hydrogens is 434 g/mol. The molecule has 10 heteroatoms. The van der Waals surface area contributed by atoms with Crippen LogP contribution in [0.1, 0.15) is 15.9 Å². The summed E-state index contributed by atoms with van der Waals surface area (Å²) < 4.78 is 26.1. The normalized spacial score (nSPS) is 11.1. The SMILES string of the molecule is CN(C)S(=O)(=O)c1cc(C(=O)NCCNc2ncccc2C#N)ccc1Br. The van der Waals surface area contributed by atoms with Crippen LogP contribution in [0.4, 0.5) is 5.82 Å². The number of benzene rings is 1. The first-order chi connectivity index (χ1) is 12.8. The van der Waals surface area contributed by atoms with E-state index in [1.54, 1.807) is 18.3 Å². The molecule has 0 aliphatic carbocycles. The van der Waals surface area contributed by atoms with Gasteiger partial charge in [0.2, 0.25) is 10.0 Å². The Morgan fingerprint density at radius 1 is 1.30 bits per heavy atom. The standard InChI is InChI=1S/C17H18BrN5O3S/c1-23(2)27(25,26)15-10-12(5-6-14(15)18)17(24)22-9-8-21-16-13(11-19)4-3-7-20-16/h3-7,10H,8-9H2,1-2H3,(H,20,21)(H,22,24). The monoisotopic (exact) mass is 451 g/mol. The van der Waals surface area contributed by atoms with Crippen molar-refractivity contribution in [2.75, 3.05) is 32.5 Å². The number of amides is 1. The maximum Gasteiger partial charge on any atom is 0.251 e. The summed E-state index contributed by atoms with van der Waals surface area (Å²) in [5.41, 5.74) is 0.643. The number of carbonyl (C=O) groups excluding carboxylic acids is 1. The molecule has 0 saturated heterocycles. The third-order valence-electron chi connectivity index (χ3n) is 3.58. The molecule has 27 heavy (non-hydrogen) atoms. The molecule has 0 radical (unpaired) electrons. The maximum absolute atomic E-state index is 12.3. The number of nitrogens with one attached hydrogen (secondary N) is 2. The summed E-state index contributed by atoms with van der Waals surface area (Å²) in [7, 11) is -0.829. The first-order valence-electron chi connectivity index (χ1n) is 7.86. The van der Waals surface area contributed by atoms with Crippen LogP contribution >= 0.6 is 15.9 Å². The molecule has 1 aromatic heterocycles. The van der Waals surface area contributed by atoms with Crippen molar-refractivity contribution in [3.8, 4) is 6.07 Å². The second-order valence-electron chi connectivity index (χ2n) is 5.63. The van der Waals surface area contributed by atoms with Crippen molar-refractivity contribution in [1.29, 1.82) is 5.26 Å². The number of carbonyl (C=O) groups is 1. The molecule has 142 valence electrons. The van der Waals surface area contributed by atoms with E-state index in [1.165, 1.54) is 32.3 Å². The van der Waals surface area contributed by atoms with Gasteiger partial charge in [0.05, 0.1) is 10.5 Å². The number of hydrogen-bond donors (Lipinski definition) is 2. The first kappa shape index (κ1) is 20.8. The summed E-state index contributed by atoms with van der Waals surface area (Å²) in [4.78, 5) is 16.4. The molecule has 0 spiro atoms. The Balaban J connectivity index is 2.02. The number of sulfonamides is 1. The second-order valence-corrected chi connectivity index (χ2v) is 8.60. The predicted octanol–water partition coefficient (Wildman–Crippen LogP) is 1.81. The summed E-state index contributed by atoms with van der Waals surface area (Å²) in [5.74, 6) is 0.0401. The molecule has 0 bridgehead atoms. The zero-order chi connectivity index (χ0) is 20.0. The van der Waals surface area contributed by atoms with Gasteiger partial charge in [-0.05, 0) is 46.3 Å². The summed E-state index contributed by atoms with van der Waals surface area (Å²) in [6.45, 7) is 0.628. The predicted molar refractivity (Wildman–Crippen MR) is 105 cm³/mol. The van der Waals surface area contributed by atoms with Crippen LogP contribution in [0, 0.1) is 11.3 Å². The van der Waals surface area contributed by atoms with Gasteiger partial charge < -0.3 is 10.6 Å². The first-order valence-corrected chi connectivity index (χ1v) is 10.1. The fourth-order valence-electron chi connectivity index (χ4n) is 2.13. The van der Waals surface area contributed by atoms with Crippen molar-refractivity contribution >= 4 is 37.7 Å². The second kappa shape index (κ2) is 8.94.